The van der Waals surface area contributed by atoms with Gasteiger partial charge < -0.3 is 24.8 Å². The van der Waals surface area contributed by atoms with Crippen molar-refractivity contribution in [1.82, 2.24) is 10.6 Å². The molecule has 1 aliphatic heterocycles. The number of hydrogen-bond donors (Lipinski definition) is 2. The number of rotatable bonds is 9. The van der Waals surface area contributed by atoms with Gasteiger partial charge in [-0.2, -0.15) is 0 Å². The van der Waals surface area contributed by atoms with Crippen LogP contribution in [0.2, 0.25) is 0 Å². The fraction of sp³-hybridized carbons (Fsp3) is 0.667. The summed E-state index contributed by atoms with van der Waals surface area (Å²) in [6.07, 6.45) is 7.16. The van der Waals surface area contributed by atoms with Gasteiger partial charge >= 0.3 is 0 Å². The van der Waals surface area contributed by atoms with Gasteiger partial charge in [-0.05, 0) is 55.7 Å². The maximum Gasteiger partial charge on any atom is 0.231 e. The highest BCUT2D eigenvalue weighted by Gasteiger charge is 2.33. The quantitative estimate of drug-likeness (QED) is 0.306. The van der Waals surface area contributed by atoms with Crippen molar-refractivity contribution in [3.63, 3.8) is 0 Å². The van der Waals surface area contributed by atoms with Crippen LogP contribution in [0.25, 0.3) is 0 Å². The van der Waals surface area contributed by atoms with Gasteiger partial charge in [0.2, 0.25) is 6.79 Å². The monoisotopic (exact) mass is 503 g/mol. The molecule has 7 heteroatoms. The second kappa shape index (κ2) is 11.7. The van der Waals surface area contributed by atoms with E-state index in [4.69, 9.17) is 19.2 Å². The first kappa shape index (κ1) is 23.1. The Kier molecular flexibility index (Phi) is 9.64. The molecule has 0 saturated heterocycles. The van der Waals surface area contributed by atoms with Crippen molar-refractivity contribution in [2.45, 2.75) is 45.4 Å². The number of nitrogens with one attached hydrogen (secondary N) is 2. The van der Waals surface area contributed by atoms with E-state index < -0.39 is 0 Å². The second-order valence-corrected chi connectivity index (χ2v) is 7.51. The zero-order valence-corrected chi connectivity index (χ0v) is 19.4. The smallest absolute Gasteiger partial charge is 0.231 e. The molecule has 1 aliphatic carbocycles. The van der Waals surface area contributed by atoms with E-state index in [1.165, 1.54) is 31.2 Å². The molecule has 0 spiro atoms. The van der Waals surface area contributed by atoms with Crippen molar-refractivity contribution in [2.75, 3.05) is 40.1 Å². The minimum absolute atomic E-state index is 0. The number of fused-ring (bicyclic) bond motifs is 1. The molecule has 3 rings (SSSR count). The number of hydrogen-bond acceptors (Lipinski definition) is 4. The molecule has 2 N–H and O–H groups in total. The lowest BCUT2D eigenvalue weighted by Gasteiger charge is -2.27. The molecule has 2 aliphatic rings. The number of aliphatic imine (C=N–C) groups is 1. The third-order valence-electron chi connectivity index (χ3n) is 5.56. The van der Waals surface area contributed by atoms with Gasteiger partial charge in [-0.25, -0.2) is 0 Å². The van der Waals surface area contributed by atoms with Gasteiger partial charge in [0, 0.05) is 33.4 Å². The van der Waals surface area contributed by atoms with E-state index >= 15 is 0 Å². The first-order valence-electron chi connectivity index (χ1n) is 10.1. The maximum absolute atomic E-state index is 5.45. The molecule has 1 fully saturated rings. The largest absolute Gasteiger partial charge is 0.454 e. The highest BCUT2D eigenvalue weighted by Crippen LogP contribution is 2.41. The fourth-order valence-electron chi connectivity index (χ4n) is 3.94. The first-order valence-corrected chi connectivity index (χ1v) is 10.1. The molecule has 1 heterocycles. The van der Waals surface area contributed by atoms with Crippen LogP contribution in [-0.2, 0) is 11.2 Å². The molecule has 0 atom stereocenters. The molecule has 0 aromatic heterocycles. The van der Waals surface area contributed by atoms with Gasteiger partial charge in [-0.15, -0.1) is 24.0 Å². The highest BCUT2D eigenvalue weighted by molar-refractivity contribution is 14.0. The van der Waals surface area contributed by atoms with Crippen molar-refractivity contribution >= 4 is 29.9 Å². The maximum atomic E-state index is 5.45. The summed E-state index contributed by atoms with van der Waals surface area (Å²) in [4.78, 5) is 4.90. The predicted molar refractivity (Wildman–Crippen MR) is 123 cm³/mol. The minimum atomic E-state index is 0. The van der Waals surface area contributed by atoms with E-state index in [2.05, 4.69) is 29.7 Å². The van der Waals surface area contributed by atoms with Gasteiger partial charge in [-0.1, -0.05) is 18.9 Å². The normalized spacial score (nSPS) is 17.3. The van der Waals surface area contributed by atoms with Crippen molar-refractivity contribution in [2.24, 2.45) is 10.4 Å². The lowest BCUT2D eigenvalue weighted by Crippen LogP contribution is -2.39. The van der Waals surface area contributed by atoms with Gasteiger partial charge in [-0.3, -0.25) is 4.99 Å². The van der Waals surface area contributed by atoms with Crippen LogP contribution in [0.1, 0.15) is 44.6 Å². The first-order chi connectivity index (χ1) is 13.2. The Morgan fingerprint density at radius 3 is 2.71 bits per heavy atom. The third-order valence-corrected chi connectivity index (χ3v) is 5.56. The molecular weight excluding hydrogens is 469 g/mol. The summed E-state index contributed by atoms with van der Waals surface area (Å²) in [5.74, 6) is 2.58. The number of methoxy groups -OCH3 is 1. The van der Waals surface area contributed by atoms with Gasteiger partial charge in [0.05, 0.1) is 0 Å². The summed E-state index contributed by atoms with van der Waals surface area (Å²) in [5.41, 5.74) is 1.55. The Morgan fingerprint density at radius 1 is 1.18 bits per heavy atom. The van der Waals surface area contributed by atoms with Crippen molar-refractivity contribution in [3.8, 4) is 11.5 Å². The Hall–Kier alpha value is -1.22. The van der Waals surface area contributed by atoms with Crippen LogP contribution in [0.3, 0.4) is 0 Å². The molecule has 0 unspecified atom stereocenters. The molecule has 1 aromatic rings. The van der Waals surface area contributed by atoms with E-state index in [9.17, 15) is 0 Å². The lowest BCUT2D eigenvalue weighted by molar-refractivity contribution is 0.141. The summed E-state index contributed by atoms with van der Waals surface area (Å²) in [7, 11) is 1.79. The van der Waals surface area contributed by atoms with Crippen LogP contribution in [-0.4, -0.2) is 46.1 Å². The predicted octanol–water partition coefficient (Wildman–Crippen LogP) is 3.73. The average Bonchev–Trinajstić information content (AvgIpc) is 3.34. The Bertz CT molecular complexity index is 633. The second-order valence-electron chi connectivity index (χ2n) is 7.51. The van der Waals surface area contributed by atoms with E-state index in [-0.39, 0.29) is 24.0 Å². The van der Waals surface area contributed by atoms with Crippen LogP contribution in [0.5, 0.6) is 11.5 Å². The number of guanidine groups is 1. The molecule has 0 radical (unpaired) electrons. The summed E-state index contributed by atoms with van der Waals surface area (Å²) in [5, 5.41) is 6.84. The Labute approximate surface area is 185 Å². The molecular formula is C21H34IN3O3. The molecule has 1 aromatic carbocycles. The summed E-state index contributed by atoms with van der Waals surface area (Å²) >= 11 is 0. The topological polar surface area (TPSA) is 64.1 Å². The fourth-order valence-corrected chi connectivity index (χ4v) is 3.94. The highest BCUT2D eigenvalue weighted by atomic mass is 127. The molecule has 28 heavy (non-hydrogen) atoms. The van der Waals surface area contributed by atoms with E-state index in [1.54, 1.807) is 7.11 Å². The molecule has 158 valence electrons. The molecule has 1 saturated carbocycles. The lowest BCUT2D eigenvalue weighted by atomic mass is 9.83. The third kappa shape index (κ3) is 6.40. The molecule has 6 nitrogen and oxygen atoms in total. The van der Waals surface area contributed by atoms with Crippen LogP contribution in [0, 0.1) is 5.41 Å². The van der Waals surface area contributed by atoms with Crippen LogP contribution in [0.15, 0.2) is 23.2 Å². The number of benzene rings is 1. The zero-order chi connectivity index (χ0) is 19.0. The van der Waals surface area contributed by atoms with Gasteiger partial charge in [0.1, 0.15) is 0 Å². The summed E-state index contributed by atoms with van der Waals surface area (Å²) in [6, 6.07) is 6.14. The van der Waals surface area contributed by atoms with E-state index in [0.29, 0.717) is 12.2 Å². The van der Waals surface area contributed by atoms with Crippen molar-refractivity contribution in [1.29, 1.82) is 0 Å². The van der Waals surface area contributed by atoms with E-state index in [0.717, 1.165) is 56.5 Å². The Balaban J connectivity index is 0.00000280. The van der Waals surface area contributed by atoms with Crippen LogP contribution >= 0.6 is 24.0 Å². The van der Waals surface area contributed by atoms with Gasteiger partial charge in [0.25, 0.3) is 0 Å². The Morgan fingerprint density at radius 2 is 1.96 bits per heavy atom. The summed E-state index contributed by atoms with van der Waals surface area (Å²) in [6.45, 7) is 5.81. The SMILES string of the molecule is CCNC(=NCC1(CCOC)CCCC1)NCCc1ccc2c(c1)OCO2.I. The minimum Gasteiger partial charge on any atom is -0.454 e. The van der Waals surface area contributed by atoms with Gasteiger partial charge in [0.15, 0.2) is 17.5 Å². The number of nitrogens with zero attached hydrogens (tertiary/aromatic N) is 1. The van der Waals surface area contributed by atoms with E-state index in [1.807, 2.05) is 6.07 Å². The number of halogens is 1. The van der Waals surface area contributed by atoms with Crippen molar-refractivity contribution < 1.29 is 14.2 Å². The molecule has 0 bridgehead atoms. The number of ether oxygens (including phenoxy) is 3. The molecule has 0 amide bonds. The van der Waals surface area contributed by atoms with Crippen LogP contribution in [0.4, 0.5) is 0 Å². The summed E-state index contributed by atoms with van der Waals surface area (Å²) < 4.78 is 16.2. The van der Waals surface area contributed by atoms with Crippen LogP contribution < -0.4 is 20.1 Å². The average molecular weight is 503 g/mol. The standard InChI is InChI=1S/C21H33N3O3.HI/c1-3-22-20(24-15-21(11-13-25-2)9-4-5-10-21)23-12-8-17-6-7-18-19(14-17)27-16-26-18;/h6-7,14H,3-5,8-13,15-16H2,1-2H3,(H2,22,23,24);1H. The zero-order valence-electron chi connectivity index (χ0n) is 17.1. The van der Waals surface area contributed by atoms with Crippen molar-refractivity contribution in [3.05, 3.63) is 23.8 Å².